The van der Waals surface area contributed by atoms with Crippen LogP contribution in [0.4, 0.5) is 0 Å². The van der Waals surface area contributed by atoms with E-state index in [0.29, 0.717) is 36.8 Å². The van der Waals surface area contributed by atoms with Crippen LogP contribution >= 0.6 is 0 Å². The van der Waals surface area contributed by atoms with Crippen LogP contribution in [-0.2, 0) is 16.9 Å². The van der Waals surface area contributed by atoms with E-state index in [0.717, 1.165) is 30.8 Å². The average molecular weight is 425 g/mol. The van der Waals surface area contributed by atoms with E-state index in [-0.39, 0.29) is 5.54 Å². The Kier molecular flexibility index (Phi) is 5.95. The third-order valence-electron chi connectivity index (χ3n) is 6.15. The zero-order chi connectivity index (χ0) is 22.1. The maximum atomic E-state index is 11.7. The first kappa shape index (κ1) is 21.7. The Bertz CT molecular complexity index is 947. The molecule has 1 fully saturated rings. The van der Waals surface area contributed by atoms with Crippen molar-refractivity contribution in [1.82, 2.24) is 4.90 Å². The minimum absolute atomic E-state index is 0.290. The molecule has 2 heterocycles. The van der Waals surface area contributed by atoms with Gasteiger partial charge < -0.3 is 19.3 Å². The molecule has 166 valence electrons. The van der Waals surface area contributed by atoms with E-state index in [1.807, 2.05) is 32.0 Å². The van der Waals surface area contributed by atoms with Gasteiger partial charge in [-0.05, 0) is 44.4 Å². The molecule has 0 amide bonds. The summed E-state index contributed by atoms with van der Waals surface area (Å²) in [5.74, 6) is 1.75. The summed E-state index contributed by atoms with van der Waals surface area (Å²) in [5.41, 5.74) is 1.58. The fourth-order valence-electron chi connectivity index (χ4n) is 4.36. The number of likely N-dealkylation sites (tertiary alicyclic amines) is 1. The minimum Gasteiger partial charge on any atom is -0.493 e. The molecule has 1 N–H and O–H groups in total. The molecule has 0 aromatic heterocycles. The van der Waals surface area contributed by atoms with Crippen LogP contribution in [0.3, 0.4) is 0 Å². The summed E-state index contributed by atoms with van der Waals surface area (Å²) in [4.78, 5) is 7.14. The van der Waals surface area contributed by atoms with Crippen molar-refractivity contribution in [2.24, 2.45) is 4.99 Å². The Labute approximate surface area is 184 Å². The Morgan fingerprint density at radius 1 is 1.03 bits per heavy atom. The molecule has 0 spiro atoms. The number of piperidine rings is 1. The first-order valence-corrected chi connectivity index (χ1v) is 10.8. The minimum atomic E-state index is -0.985. The lowest BCUT2D eigenvalue weighted by atomic mass is 9.81. The van der Waals surface area contributed by atoms with E-state index in [1.54, 1.807) is 14.2 Å². The van der Waals surface area contributed by atoms with Gasteiger partial charge in [-0.15, -0.1) is 0 Å². The molecular weight excluding hydrogens is 392 g/mol. The maximum absolute atomic E-state index is 11.7. The lowest BCUT2D eigenvalue weighted by Crippen LogP contribution is -2.43. The van der Waals surface area contributed by atoms with Gasteiger partial charge in [-0.3, -0.25) is 4.90 Å². The van der Waals surface area contributed by atoms with Crippen LogP contribution < -0.4 is 9.47 Å². The first-order valence-electron chi connectivity index (χ1n) is 10.8. The summed E-state index contributed by atoms with van der Waals surface area (Å²) in [7, 11) is 3.22. The highest BCUT2D eigenvalue weighted by Crippen LogP contribution is 2.41. The van der Waals surface area contributed by atoms with Gasteiger partial charge in [-0.1, -0.05) is 30.3 Å². The molecule has 4 rings (SSSR count). The molecule has 0 aliphatic carbocycles. The number of rotatable bonds is 6. The van der Waals surface area contributed by atoms with Crippen molar-refractivity contribution in [3.8, 4) is 11.5 Å². The van der Waals surface area contributed by atoms with Gasteiger partial charge in [-0.2, -0.15) is 0 Å². The molecule has 1 saturated heterocycles. The predicted molar refractivity (Wildman–Crippen MR) is 121 cm³/mol. The summed E-state index contributed by atoms with van der Waals surface area (Å²) < 4.78 is 17.0. The topological polar surface area (TPSA) is 63.5 Å². The lowest BCUT2D eigenvalue weighted by molar-refractivity contribution is -0.0281. The van der Waals surface area contributed by atoms with E-state index >= 15 is 0 Å². The van der Waals surface area contributed by atoms with Crippen molar-refractivity contribution >= 4 is 5.90 Å². The zero-order valence-electron chi connectivity index (χ0n) is 18.9. The highest BCUT2D eigenvalue weighted by molar-refractivity contribution is 5.98. The monoisotopic (exact) mass is 424 g/mol. The van der Waals surface area contributed by atoms with Crippen molar-refractivity contribution in [2.75, 3.05) is 33.9 Å². The van der Waals surface area contributed by atoms with Gasteiger partial charge in [0.25, 0.3) is 0 Å². The summed E-state index contributed by atoms with van der Waals surface area (Å²) in [6.07, 6.45) is 1.25. The van der Waals surface area contributed by atoms with Crippen molar-refractivity contribution < 1.29 is 19.3 Å². The third-order valence-corrected chi connectivity index (χ3v) is 6.15. The predicted octanol–water partition coefficient (Wildman–Crippen LogP) is 3.74. The van der Waals surface area contributed by atoms with Gasteiger partial charge in [0.1, 0.15) is 6.61 Å². The van der Waals surface area contributed by atoms with Crippen LogP contribution in [0.5, 0.6) is 11.5 Å². The van der Waals surface area contributed by atoms with Crippen molar-refractivity contribution in [1.29, 1.82) is 0 Å². The molecule has 2 aliphatic heterocycles. The quantitative estimate of drug-likeness (QED) is 0.765. The molecule has 6 heteroatoms. The number of nitrogens with zero attached hydrogens (tertiary/aromatic N) is 2. The number of ether oxygens (including phenoxy) is 3. The molecule has 2 aromatic carbocycles. The van der Waals surface area contributed by atoms with Gasteiger partial charge >= 0.3 is 0 Å². The van der Waals surface area contributed by atoms with Gasteiger partial charge in [0.05, 0.1) is 25.4 Å². The molecule has 2 aliphatic rings. The van der Waals surface area contributed by atoms with Crippen LogP contribution in [0.25, 0.3) is 0 Å². The van der Waals surface area contributed by atoms with Crippen LogP contribution in [0.2, 0.25) is 0 Å². The Morgan fingerprint density at radius 3 is 2.26 bits per heavy atom. The van der Waals surface area contributed by atoms with Gasteiger partial charge in [-0.25, -0.2) is 4.99 Å². The second-order valence-corrected chi connectivity index (χ2v) is 9.06. The molecule has 2 aromatic rings. The molecule has 6 nitrogen and oxygen atoms in total. The summed E-state index contributed by atoms with van der Waals surface area (Å²) >= 11 is 0. The van der Waals surface area contributed by atoms with Crippen LogP contribution in [-0.4, -0.2) is 55.4 Å². The van der Waals surface area contributed by atoms with Gasteiger partial charge in [0.15, 0.2) is 11.5 Å². The van der Waals surface area contributed by atoms with E-state index in [9.17, 15) is 5.11 Å². The fraction of sp³-hybridized carbons (Fsp3) is 0.480. The van der Waals surface area contributed by atoms with Crippen LogP contribution in [0.15, 0.2) is 47.5 Å². The van der Waals surface area contributed by atoms with E-state index in [1.165, 1.54) is 5.56 Å². The standard InChI is InChI=1S/C25H32N2O4/c1-24(2)17-31-23(26-24)19-14-21(29-3)22(30-4)15-20(19)25(28)10-12-27(13-11-25)16-18-8-6-5-7-9-18/h5-9,14-15,28H,10-13,16-17H2,1-4H3. The lowest BCUT2D eigenvalue weighted by Gasteiger charge is -2.39. The van der Waals surface area contributed by atoms with Gasteiger partial charge in [0.2, 0.25) is 5.90 Å². The number of hydrogen-bond donors (Lipinski definition) is 1. The first-order chi connectivity index (χ1) is 14.8. The molecule has 0 radical (unpaired) electrons. The fourth-order valence-corrected chi connectivity index (χ4v) is 4.36. The van der Waals surface area contributed by atoms with E-state index in [2.05, 4.69) is 29.2 Å². The van der Waals surface area contributed by atoms with Gasteiger partial charge in [0, 0.05) is 30.8 Å². The largest absolute Gasteiger partial charge is 0.493 e. The second kappa shape index (κ2) is 8.52. The van der Waals surface area contributed by atoms with Crippen LogP contribution in [0.1, 0.15) is 43.4 Å². The van der Waals surface area contributed by atoms with Crippen molar-refractivity contribution in [3.63, 3.8) is 0 Å². The SMILES string of the molecule is COc1cc(C2=NC(C)(C)CO2)c(C2(O)CCN(Cc3ccccc3)CC2)cc1OC. The molecular formula is C25H32N2O4. The number of hydrogen-bond acceptors (Lipinski definition) is 6. The van der Waals surface area contributed by atoms with Crippen molar-refractivity contribution in [3.05, 3.63) is 59.2 Å². The Balaban J connectivity index is 1.63. The smallest absolute Gasteiger partial charge is 0.217 e. The van der Waals surface area contributed by atoms with E-state index < -0.39 is 5.60 Å². The number of aliphatic imine (C=N–C) groups is 1. The molecule has 0 atom stereocenters. The number of methoxy groups -OCH3 is 2. The van der Waals surface area contributed by atoms with Crippen LogP contribution in [0, 0.1) is 0 Å². The Hall–Kier alpha value is -2.57. The average Bonchev–Trinajstić information content (AvgIpc) is 3.14. The molecule has 0 bridgehead atoms. The summed E-state index contributed by atoms with van der Waals surface area (Å²) in [6.45, 7) is 7.09. The maximum Gasteiger partial charge on any atom is 0.217 e. The van der Waals surface area contributed by atoms with Crippen molar-refractivity contribution in [2.45, 2.75) is 44.4 Å². The molecule has 0 unspecified atom stereocenters. The number of benzene rings is 2. The molecule has 0 saturated carbocycles. The Morgan fingerprint density at radius 2 is 1.68 bits per heavy atom. The highest BCUT2D eigenvalue weighted by Gasteiger charge is 2.39. The second-order valence-electron chi connectivity index (χ2n) is 9.06. The normalized spacial score (nSPS) is 20.1. The third kappa shape index (κ3) is 4.55. The highest BCUT2D eigenvalue weighted by atomic mass is 16.5. The van der Waals surface area contributed by atoms with E-state index in [4.69, 9.17) is 19.2 Å². The number of aliphatic hydroxyl groups is 1. The zero-order valence-corrected chi connectivity index (χ0v) is 18.9. The molecule has 31 heavy (non-hydrogen) atoms. The summed E-state index contributed by atoms with van der Waals surface area (Å²) in [6, 6.07) is 14.2. The summed E-state index contributed by atoms with van der Waals surface area (Å²) in [5, 5.41) is 11.7.